The van der Waals surface area contributed by atoms with Crippen LogP contribution in [0.4, 0.5) is 0 Å². The second-order valence-corrected chi connectivity index (χ2v) is 8.21. The van der Waals surface area contributed by atoms with Crippen molar-refractivity contribution in [3.8, 4) is 0 Å². The van der Waals surface area contributed by atoms with Crippen molar-refractivity contribution in [1.29, 1.82) is 0 Å². The van der Waals surface area contributed by atoms with Gasteiger partial charge in [0.05, 0.1) is 5.92 Å². The number of hydrogen-bond donors (Lipinski definition) is 1. The van der Waals surface area contributed by atoms with E-state index in [2.05, 4.69) is 53.7 Å². The van der Waals surface area contributed by atoms with E-state index in [0.29, 0.717) is 5.70 Å². The first-order valence-electron chi connectivity index (χ1n) is 7.85. The van der Waals surface area contributed by atoms with Gasteiger partial charge in [-0.3, -0.25) is 4.79 Å². The SMILES string of the molecule is CC(C)(C)C1=CC(c2ccccc2)=C(N)C(C(C)(C)C)C1=O. The summed E-state index contributed by atoms with van der Waals surface area (Å²) in [5, 5.41) is 0. The Morgan fingerprint density at radius 1 is 0.955 bits per heavy atom. The summed E-state index contributed by atoms with van der Waals surface area (Å²) in [5.41, 5.74) is 9.67. The molecule has 0 fully saturated rings. The number of carbonyl (C=O) groups excluding carboxylic acids is 1. The first-order chi connectivity index (χ1) is 10.0. The third-order valence-electron chi connectivity index (χ3n) is 4.20. The maximum absolute atomic E-state index is 13.0. The highest BCUT2D eigenvalue weighted by molar-refractivity contribution is 6.06. The molecule has 2 nitrogen and oxygen atoms in total. The number of benzene rings is 1. The first kappa shape index (κ1) is 16.5. The lowest BCUT2D eigenvalue weighted by molar-refractivity contribution is -0.121. The van der Waals surface area contributed by atoms with E-state index in [9.17, 15) is 4.79 Å². The van der Waals surface area contributed by atoms with E-state index in [1.165, 1.54) is 0 Å². The van der Waals surface area contributed by atoms with Gasteiger partial charge in [-0.1, -0.05) is 71.9 Å². The largest absolute Gasteiger partial charge is 0.401 e. The van der Waals surface area contributed by atoms with Crippen molar-refractivity contribution in [1.82, 2.24) is 0 Å². The molecule has 0 bridgehead atoms. The standard InChI is InChI=1S/C20H27NO/c1-19(2,3)15-12-14(13-10-8-7-9-11-13)17(21)16(18(15)22)20(4,5)6/h7-12,16H,21H2,1-6H3. The molecule has 22 heavy (non-hydrogen) atoms. The molecule has 1 unspecified atom stereocenters. The molecule has 1 atom stereocenters. The first-order valence-corrected chi connectivity index (χ1v) is 7.85. The van der Waals surface area contributed by atoms with E-state index in [0.717, 1.165) is 16.7 Å². The second kappa shape index (κ2) is 5.42. The maximum Gasteiger partial charge on any atom is 0.168 e. The molecule has 0 saturated heterocycles. The Balaban J connectivity index is 2.70. The van der Waals surface area contributed by atoms with Gasteiger partial charge in [0, 0.05) is 16.8 Å². The Morgan fingerprint density at radius 3 is 1.95 bits per heavy atom. The smallest absolute Gasteiger partial charge is 0.168 e. The van der Waals surface area contributed by atoms with Gasteiger partial charge >= 0.3 is 0 Å². The van der Waals surface area contributed by atoms with Crippen LogP contribution in [0.3, 0.4) is 0 Å². The van der Waals surface area contributed by atoms with Gasteiger partial charge in [-0.25, -0.2) is 0 Å². The van der Waals surface area contributed by atoms with Gasteiger partial charge in [0.25, 0.3) is 0 Å². The van der Waals surface area contributed by atoms with E-state index in [1.807, 2.05) is 24.3 Å². The van der Waals surface area contributed by atoms with Crippen molar-refractivity contribution in [3.05, 3.63) is 53.2 Å². The van der Waals surface area contributed by atoms with E-state index in [4.69, 9.17) is 5.73 Å². The predicted octanol–water partition coefficient (Wildman–Crippen LogP) is 4.57. The summed E-state index contributed by atoms with van der Waals surface area (Å²) >= 11 is 0. The number of nitrogens with two attached hydrogens (primary N) is 1. The number of allylic oxidation sites excluding steroid dienone is 4. The van der Waals surface area contributed by atoms with Crippen LogP contribution < -0.4 is 5.73 Å². The minimum atomic E-state index is -0.276. The summed E-state index contributed by atoms with van der Waals surface area (Å²) in [5.74, 6) is -0.112. The molecule has 1 aromatic rings. The van der Waals surface area contributed by atoms with Crippen LogP contribution in [0.15, 0.2) is 47.7 Å². The van der Waals surface area contributed by atoms with Crippen molar-refractivity contribution in [3.63, 3.8) is 0 Å². The molecule has 1 aliphatic carbocycles. The third kappa shape index (κ3) is 3.01. The van der Waals surface area contributed by atoms with Gasteiger partial charge in [-0.15, -0.1) is 0 Å². The molecular weight excluding hydrogens is 270 g/mol. The van der Waals surface area contributed by atoms with E-state index < -0.39 is 0 Å². The summed E-state index contributed by atoms with van der Waals surface area (Å²) in [6.07, 6.45) is 2.00. The van der Waals surface area contributed by atoms with E-state index in [-0.39, 0.29) is 22.5 Å². The lowest BCUT2D eigenvalue weighted by Crippen LogP contribution is -2.39. The van der Waals surface area contributed by atoms with Crippen LogP contribution in [0.1, 0.15) is 47.1 Å². The Kier molecular flexibility index (Phi) is 4.08. The molecule has 0 aromatic heterocycles. The molecule has 2 N–H and O–H groups in total. The number of Topliss-reactive ketones (excluding diaryl/α,β-unsaturated/α-hetero) is 1. The lowest BCUT2D eigenvalue weighted by Gasteiger charge is -2.37. The number of ketones is 1. The summed E-state index contributed by atoms with van der Waals surface area (Å²) < 4.78 is 0. The fourth-order valence-corrected chi connectivity index (χ4v) is 3.06. The maximum atomic E-state index is 13.0. The number of rotatable bonds is 1. The molecule has 2 heteroatoms. The van der Waals surface area contributed by atoms with Crippen LogP contribution in [0, 0.1) is 16.7 Å². The molecule has 2 rings (SSSR count). The van der Waals surface area contributed by atoms with Gasteiger partial charge < -0.3 is 5.73 Å². The zero-order valence-electron chi connectivity index (χ0n) is 14.5. The highest BCUT2D eigenvalue weighted by Gasteiger charge is 2.41. The van der Waals surface area contributed by atoms with Crippen LogP contribution >= 0.6 is 0 Å². The topological polar surface area (TPSA) is 43.1 Å². The fraction of sp³-hybridized carbons (Fsp3) is 0.450. The van der Waals surface area contributed by atoms with Gasteiger partial charge in [-0.05, 0) is 22.5 Å². The molecule has 0 radical (unpaired) electrons. The molecule has 1 aromatic carbocycles. The lowest BCUT2D eigenvalue weighted by atomic mass is 9.66. The zero-order valence-corrected chi connectivity index (χ0v) is 14.5. The average Bonchev–Trinajstić information content (AvgIpc) is 2.36. The van der Waals surface area contributed by atoms with Gasteiger partial charge in [-0.2, -0.15) is 0 Å². The van der Waals surface area contributed by atoms with Crippen LogP contribution in [0.25, 0.3) is 5.57 Å². The minimum absolute atomic E-state index is 0.164. The quantitative estimate of drug-likeness (QED) is 0.825. The Hall–Kier alpha value is -1.83. The molecule has 118 valence electrons. The summed E-state index contributed by atoms with van der Waals surface area (Å²) in [7, 11) is 0. The van der Waals surface area contributed by atoms with Crippen molar-refractivity contribution < 1.29 is 4.79 Å². The van der Waals surface area contributed by atoms with Gasteiger partial charge in [0.1, 0.15) is 0 Å². The second-order valence-electron chi connectivity index (χ2n) is 8.21. The van der Waals surface area contributed by atoms with Crippen molar-refractivity contribution in [2.45, 2.75) is 41.5 Å². The van der Waals surface area contributed by atoms with Crippen LogP contribution in [-0.2, 0) is 4.79 Å². The normalized spacial score (nSPS) is 20.2. The van der Waals surface area contributed by atoms with Crippen LogP contribution in [-0.4, -0.2) is 5.78 Å². The molecule has 0 spiro atoms. The molecule has 1 aliphatic rings. The summed E-state index contributed by atoms with van der Waals surface area (Å²) in [6.45, 7) is 12.5. The van der Waals surface area contributed by atoms with Gasteiger partial charge in [0.2, 0.25) is 0 Å². The van der Waals surface area contributed by atoms with Crippen molar-refractivity contribution in [2.24, 2.45) is 22.5 Å². The Labute approximate surface area is 134 Å². The molecule has 0 heterocycles. The van der Waals surface area contributed by atoms with E-state index >= 15 is 0 Å². The number of carbonyl (C=O) groups is 1. The van der Waals surface area contributed by atoms with Crippen LogP contribution in [0.2, 0.25) is 0 Å². The summed E-state index contributed by atoms with van der Waals surface area (Å²) in [6, 6.07) is 10.1. The third-order valence-corrected chi connectivity index (χ3v) is 4.20. The predicted molar refractivity (Wildman–Crippen MR) is 93.0 cm³/mol. The van der Waals surface area contributed by atoms with Crippen molar-refractivity contribution >= 4 is 11.4 Å². The van der Waals surface area contributed by atoms with E-state index in [1.54, 1.807) is 0 Å². The molecule has 0 saturated carbocycles. The fourth-order valence-electron chi connectivity index (χ4n) is 3.06. The molecule has 0 amide bonds. The number of hydrogen-bond acceptors (Lipinski definition) is 2. The average molecular weight is 297 g/mol. The van der Waals surface area contributed by atoms with Gasteiger partial charge in [0.15, 0.2) is 5.78 Å². The Morgan fingerprint density at radius 2 is 1.50 bits per heavy atom. The minimum Gasteiger partial charge on any atom is -0.401 e. The monoisotopic (exact) mass is 297 g/mol. The zero-order chi connectivity index (χ0) is 16.7. The van der Waals surface area contributed by atoms with Crippen molar-refractivity contribution in [2.75, 3.05) is 0 Å². The van der Waals surface area contributed by atoms with Crippen LogP contribution in [0.5, 0.6) is 0 Å². The highest BCUT2D eigenvalue weighted by atomic mass is 16.1. The Bertz CT molecular complexity index is 637. The highest BCUT2D eigenvalue weighted by Crippen LogP contribution is 2.43. The molecule has 0 aliphatic heterocycles. The summed E-state index contributed by atoms with van der Waals surface area (Å²) in [4.78, 5) is 13.0. The molecular formula is C20H27NO.